The van der Waals surface area contributed by atoms with E-state index in [1.807, 2.05) is 19.1 Å². The Labute approximate surface area is 82.7 Å². The topological polar surface area (TPSA) is 75.3 Å². The number of nitrogen functional groups attached to an aromatic ring is 1. The van der Waals surface area contributed by atoms with E-state index in [0.717, 1.165) is 5.69 Å². The molecule has 4 N–H and O–H groups in total. The molecule has 0 saturated heterocycles. The zero-order chi connectivity index (χ0) is 10.6. The van der Waals surface area contributed by atoms with Crippen molar-refractivity contribution in [2.75, 3.05) is 11.1 Å². The molecule has 1 atom stereocenters. The summed E-state index contributed by atoms with van der Waals surface area (Å²) in [6, 6.07) is 7.11. The minimum absolute atomic E-state index is 0.0869. The number of carboxylic acids is 1. The second-order valence-electron chi connectivity index (χ2n) is 3.27. The fourth-order valence-electron chi connectivity index (χ4n) is 1.18. The number of hydrogen-bond acceptors (Lipinski definition) is 3. The molecule has 0 amide bonds. The first-order valence-corrected chi connectivity index (χ1v) is 4.42. The number of carbonyl (C=O) groups is 1. The Morgan fingerprint density at radius 2 is 2.07 bits per heavy atom. The van der Waals surface area contributed by atoms with Gasteiger partial charge in [0.2, 0.25) is 0 Å². The van der Waals surface area contributed by atoms with Crippen LogP contribution in [0.25, 0.3) is 0 Å². The van der Waals surface area contributed by atoms with E-state index in [9.17, 15) is 4.79 Å². The van der Waals surface area contributed by atoms with Gasteiger partial charge in [0.1, 0.15) is 0 Å². The van der Waals surface area contributed by atoms with Crippen LogP contribution in [-0.2, 0) is 4.79 Å². The maximum absolute atomic E-state index is 10.4. The van der Waals surface area contributed by atoms with E-state index in [1.165, 1.54) is 0 Å². The Morgan fingerprint density at radius 1 is 1.50 bits per heavy atom. The van der Waals surface area contributed by atoms with Gasteiger partial charge in [0.25, 0.3) is 0 Å². The molecule has 0 spiro atoms. The van der Waals surface area contributed by atoms with Crippen molar-refractivity contribution in [1.82, 2.24) is 0 Å². The van der Waals surface area contributed by atoms with Gasteiger partial charge < -0.3 is 16.2 Å². The highest BCUT2D eigenvalue weighted by atomic mass is 16.4. The summed E-state index contributed by atoms with van der Waals surface area (Å²) in [5.74, 6) is -0.805. The van der Waals surface area contributed by atoms with Crippen LogP contribution in [0.3, 0.4) is 0 Å². The minimum atomic E-state index is -0.805. The van der Waals surface area contributed by atoms with Gasteiger partial charge in [0, 0.05) is 17.4 Å². The maximum atomic E-state index is 10.4. The standard InChI is InChI=1S/C10H14N2O2/c1-7(6-10(13)14)12-9-4-2-8(11)3-5-9/h2-5,7,12H,6,11H2,1H3,(H,13,14). The van der Waals surface area contributed by atoms with Crippen LogP contribution < -0.4 is 11.1 Å². The molecular weight excluding hydrogens is 180 g/mol. The summed E-state index contributed by atoms with van der Waals surface area (Å²) >= 11 is 0. The number of nitrogens with one attached hydrogen (secondary N) is 1. The lowest BCUT2D eigenvalue weighted by molar-refractivity contribution is -0.137. The molecular formula is C10H14N2O2. The molecule has 14 heavy (non-hydrogen) atoms. The lowest BCUT2D eigenvalue weighted by Crippen LogP contribution is -2.19. The van der Waals surface area contributed by atoms with Gasteiger partial charge in [-0.2, -0.15) is 0 Å². The summed E-state index contributed by atoms with van der Waals surface area (Å²) in [4.78, 5) is 10.4. The van der Waals surface area contributed by atoms with Gasteiger partial charge in [-0.15, -0.1) is 0 Å². The van der Waals surface area contributed by atoms with Crippen LogP contribution in [0.15, 0.2) is 24.3 Å². The second-order valence-corrected chi connectivity index (χ2v) is 3.27. The molecule has 0 aliphatic carbocycles. The lowest BCUT2D eigenvalue weighted by Gasteiger charge is -2.12. The zero-order valence-corrected chi connectivity index (χ0v) is 8.03. The number of rotatable bonds is 4. The van der Waals surface area contributed by atoms with Gasteiger partial charge in [-0.05, 0) is 31.2 Å². The number of hydrogen-bond donors (Lipinski definition) is 3. The van der Waals surface area contributed by atoms with Gasteiger partial charge in [0.15, 0.2) is 0 Å². The van der Waals surface area contributed by atoms with Gasteiger partial charge >= 0.3 is 5.97 Å². The number of nitrogens with two attached hydrogens (primary N) is 1. The van der Waals surface area contributed by atoms with Crippen LogP contribution >= 0.6 is 0 Å². The van der Waals surface area contributed by atoms with Crippen molar-refractivity contribution in [3.8, 4) is 0 Å². The van der Waals surface area contributed by atoms with E-state index >= 15 is 0 Å². The quantitative estimate of drug-likeness (QED) is 0.635. The molecule has 0 radical (unpaired) electrons. The van der Waals surface area contributed by atoms with Gasteiger partial charge in [-0.25, -0.2) is 0 Å². The fraction of sp³-hybridized carbons (Fsp3) is 0.300. The zero-order valence-electron chi connectivity index (χ0n) is 8.03. The molecule has 1 rings (SSSR count). The largest absolute Gasteiger partial charge is 0.481 e. The first-order valence-electron chi connectivity index (χ1n) is 4.42. The van der Waals surface area contributed by atoms with Crippen LogP contribution in [0.4, 0.5) is 11.4 Å². The normalized spacial score (nSPS) is 12.1. The average molecular weight is 194 g/mol. The Hall–Kier alpha value is -1.71. The van der Waals surface area contributed by atoms with Crippen molar-refractivity contribution in [3.63, 3.8) is 0 Å². The number of carboxylic acid groups (broad SMARTS) is 1. The van der Waals surface area contributed by atoms with E-state index in [1.54, 1.807) is 12.1 Å². The fourth-order valence-corrected chi connectivity index (χ4v) is 1.18. The van der Waals surface area contributed by atoms with Crippen LogP contribution in [0.1, 0.15) is 13.3 Å². The smallest absolute Gasteiger partial charge is 0.305 e. The number of aliphatic carboxylic acids is 1. The van der Waals surface area contributed by atoms with Gasteiger partial charge in [-0.3, -0.25) is 4.79 Å². The molecule has 1 aromatic rings. The van der Waals surface area contributed by atoms with Crippen molar-refractivity contribution in [1.29, 1.82) is 0 Å². The monoisotopic (exact) mass is 194 g/mol. The third-order valence-electron chi connectivity index (χ3n) is 1.80. The molecule has 4 nitrogen and oxygen atoms in total. The van der Waals surface area contributed by atoms with E-state index in [2.05, 4.69) is 5.32 Å². The Balaban J connectivity index is 2.51. The summed E-state index contributed by atoms with van der Waals surface area (Å²) in [6.07, 6.45) is 0.102. The van der Waals surface area contributed by atoms with Crippen molar-refractivity contribution in [2.24, 2.45) is 0 Å². The van der Waals surface area contributed by atoms with Gasteiger partial charge in [0.05, 0.1) is 6.42 Å². The summed E-state index contributed by atoms with van der Waals surface area (Å²) in [5.41, 5.74) is 7.09. The molecule has 0 heterocycles. The van der Waals surface area contributed by atoms with Crippen LogP contribution in [-0.4, -0.2) is 17.1 Å². The highest BCUT2D eigenvalue weighted by Gasteiger charge is 2.06. The molecule has 0 aliphatic rings. The van der Waals surface area contributed by atoms with Crippen molar-refractivity contribution < 1.29 is 9.90 Å². The number of benzene rings is 1. The third-order valence-corrected chi connectivity index (χ3v) is 1.80. The molecule has 76 valence electrons. The first-order chi connectivity index (χ1) is 6.58. The molecule has 0 aromatic heterocycles. The average Bonchev–Trinajstić information content (AvgIpc) is 2.07. The van der Waals surface area contributed by atoms with Crippen LogP contribution in [0.2, 0.25) is 0 Å². The maximum Gasteiger partial charge on any atom is 0.305 e. The van der Waals surface area contributed by atoms with E-state index in [0.29, 0.717) is 5.69 Å². The molecule has 0 aliphatic heterocycles. The van der Waals surface area contributed by atoms with Crippen molar-refractivity contribution in [3.05, 3.63) is 24.3 Å². The Kier molecular flexibility index (Phi) is 3.34. The second kappa shape index (κ2) is 4.50. The van der Waals surface area contributed by atoms with Crippen LogP contribution in [0.5, 0.6) is 0 Å². The SMILES string of the molecule is CC(CC(=O)O)Nc1ccc(N)cc1. The summed E-state index contributed by atoms with van der Waals surface area (Å²) in [5, 5.41) is 11.6. The molecule has 0 saturated carbocycles. The highest BCUT2D eigenvalue weighted by Crippen LogP contribution is 2.12. The van der Waals surface area contributed by atoms with Crippen molar-refractivity contribution >= 4 is 17.3 Å². The van der Waals surface area contributed by atoms with Gasteiger partial charge in [-0.1, -0.05) is 0 Å². The lowest BCUT2D eigenvalue weighted by atomic mass is 10.2. The Morgan fingerprint density at radius 3 is 2.57 bits per heavy atom. The molecule has 4 heteroatoms. The van der Waals surface area contributed by atoms with Crippen LogP contribution in [0, 0.1) is 0 Å². The summed E-state index contributed by atoms with van der Waals surface area (Å²) in [6.45, 7) is 1.82. The summed E-state index contributed by atoms with van der Waals surface area (Å²) in [7, 11) is 0. The van der Waals surface area contributed by atoms with E-state index in [-0.39, 0.29) is 12.5 Å². The minimum Gasteiger partial charge on any atom is -0.481 e. The predicted molar refractivity (Wildman–Crippen MR) is 56.2 cm³/mol. The van der Waals surface area contributed by atoms with E-state index < -0.39 is 5.97 Å². The van der Waals surface area contributed by atoms with Crippen molar-refractivity contribution in [2.45, 2.75) is 19.4 Å². The third kappa shape index (κ3) is 3.35. The van der Waals surface area contributed by atoms with E-state index in [4.69, 9.17) is 10.8 Å². The predicted octanol–water partition coefficient (Wildman–Crippen LogP) is 1.54. The molecule has 0 fully saturated rings. The Bertz CT molecular complexity index is 308. The molecule has 1 aromatic carbocycles. The summed E-state index contributed by atoms with van der Waals surface area (Å²) < 4.78 is 0. The number of anilines is 2. The first kappa shape index (κ1) is 10.4. The highest BCUT2D eigenvalue weighted by molar-refractivity contribution is 5.68. The molecule has 0 bridgehead atoms. The molecule has 1 unspecified atom stereocenters.